The third kappa shape index (κ3) is 4.13. The van der Waals surface area contributed by atoms with Crippen LogP contribution in [-0.4, -0.2) is 30.3 Å². The second kappa shape index (κ2) is 6.99. The highest BCUT2D eigenvalue weighted by atomic mass is 16.5. The van der Waals surface area contributed by atoms with Crippen LogP contribution in [0.4, 0.5) is 11.4 Å². The first kappa shape index (κ1) is 15.3. The van der Waals surface area contributed by atoms with Crippen LogP contribution in [-0.2, 0) is 4.74 Å². The molecule has 5 nitrogen and oxygen atoms in total. The van der Waals surface area contributed by atoms with Gasteiger partial charge in [0.1, 0.15) is 0 Å². The molecular weight excluding hydrogens is 244 g/mol. The predicted octanol–water partition coefficient (Wildman–Crippen LogP) is 2.44. The minimum atomic E-state index is -1.02. The van der Waals surface area contributed by atoms with Gasteiger partial charge in [-0.05, 0) is 25.0 Å². The standard InChI is InChI=1S/C14H22N2O3/c1-4-19-8-12(9(2)3)16-11-7-5-6-10(13(11)15)14(17)18/h5-7,9,12,16H,4,8,15H2,1-3H3,(H,17,18). The summed E-state index contributed by atoms with van der Waals surface area (Å²) in [5, 5.41) is 12.3. The summed E-state index contributed by atoms with van der Waals surface area (Å²) in [6, 6.07) is 5.05. The van der Waals surface area contributed by atoms with E-state index in [2.05, 4.69) is 19.2 Å². The second-order valence-corrected chi connectivity index (χ2v) is 4.73. The number of hydrogen-bond donors (Lipinski definition) is 3. The normalized spacial score (nSPS) is 12.4. The number of para-hydroxylation sites is 1. The largest absolute Gasteiger partial charge is 0.478 e. The lowest BCUT2D eigenvalue weighted by Crippen LogP contribution is -2.31. The number of nitrogens with two attached hydrogens (primary N) is 1. The summed E-state index contributed by atoms with van der Waals surface area (Å²) in [6.07, 6.45) is 0. The van der Waals surface area contributed by atoms with E-state index < -0.39 is 5.97 Å². The number of nitrogens with one attached hydrogen (secondary N) is 1. The van der Waals surface area contributed by atoms with Gasteiger partial charge in [-0.25, -0.2) is 4.79 Å². The molecule has 0 fully saturated rings. The molecule has 5 heteroatoms. The van der Waals surface area contributed by atoms with Gasteiger partial charge >= 0.3 is 5.97 Å². The van der Waals surface area contributed by atoms with Crippen molar-refractivity contribution in [2.45, 2.75) is 26.8 Å². The molecule has 4 N–H and O–H groups in total. The third-order valence-corrected chi connectivity index (χ3v) is 2.98. The van der Waals surface area contributed by atoms with E-state index in [9.17, 15) is 4.79 Å². The smallest absolute Gasteiger partial charge is 0.337 e. The molecule has 1 unspecified atom stereocenters. The Bertz CT molecular complexity index is 433. The van der Waals surface area contributed by atoms with Gasteiger partial charge in [0.2, 0.25) is 0 Å². The van der Waals surface area contributed by atoms with Crippen molar-refractivity contribution in [1.82, 2.24) is 0 Å². The molecule has 0 bridgehead atoms. The maximum absolute atomic E-state index is 11.0. The molecule has 19 heavy (non-hydrogen) atoms. The minimum absolute atomic E-state index is 0.0892. The number of benzene rings is 1. The summed E-state index contributed by atoms with van der Waals surface area (Å²) in [7, 11) is 0. The lowest BCUT2D eigenvalue weighted by atomic mass is 10.0. The van der Waals surface area contributed by atoms with Gasteiger partial charge in [-0.1, -0.05) is 19.9 Å². The van der Waals surface area contributed by atoms with E-state index in [1.54, 1.807) is 12.1 Å². The van der Waals surface area contributed by atoms with Crippen LogP contribution in [0.3, 0.4) is 0 Å². The zero-order valence-electron chi connectivity index (χ0n) is 11.6. The van der Waals surface area contributed by atoms with E-state index in [1.165, 1.54) is 6.07 Å². The Morgan fingerprint density at radius 3 is 2.68 bits per heavy atom. The fourth-order valence-corrected chi connectivity index (χ4v) is 1.72. The molecule has 0 amide bonds. The van der Waals surface area contributed by atoms with Crippen LogP contribution in [0, 0.1) is 5.92 Å². The van der Waals surface area contributed by atoms with Crippen LogP contribution in [0.15, 0.2) is 18.2 Å². The van der Waals surface area contributed by atoms with E-state index in [0.29, 0.717) is 24.8 Å². The van der Waals surface area contributed by atoms with Crippen molar-refractivity contribution in [2.24, 2.45) is 5.92 Å². The van der Waals surface area contributed by atoms with Crippen LogP contribution < -0.4 is 11.1 Å². The third-order valence-electron chi connectivity index (χ3n) is 2.98. The molecule has 0 aliphatic heterocycles. The van der Waals surface area contributed by atoms with Crippen molar-refractivity contribution < 1.29 is 14.6 Å². The molecule has 106 valence electrons. The zero-order valence-corrected chi connectivity index (χ0v) is 11.6. The Kier molecular flexibility index (Phi) is 5.63. The van der Waals surface area contributed by atoms with Crippen LogP contribution >= 0.6 is 0 Å². The molecule has 0 aromatic heterocycles. The van der Waals surface area contributed by atoms with Gasteiger partial charge in [-0.2, -0.15) is 0 Å². The lowest BCUT2D eigenvalue weighted by Gasteiger charge is -2.24. The molecule has 0 saturated heterocycles. The maximum Gasteiger partial charge on any atom is 0.337 e. The Hall–Kier alpha value is -1.75. The molecule has 0 spiro atoms. The van der Waals surface area contributed by atoms with E-state index in [4.69, 9.17) is 15.6 Å². The minimum Gasteiger partial charge on any atom is -0.478 e. The molecule has 1 aromatic rings. The number of carbonyl (C=O) groups is 1. The molecule has 0 heterocycles. The van der Waals surface area contributed by atoms with Gasteiger partial charge in [-0.3, -0.25) is 0 Å². The zero-order chi connectivity index (χ0) is 14.4. The summed E-state index contributed by atoms with van der Waals surface area (Å²) >= 11 is 0. The van der Waals surface area contributed by atoms with Gasteiger partial charge in [0.25, 0.3) is 0 Å². The van der Waals surface area contributed by atoms with Crippen molar-refractivity contribution >= 4 is 17.3 Å². The van der Waals surface area contributed by atoms with Gasteiger partial charge < -0.3 is 20.9 Å². The van der Waals surface area contributed by atoms with E-state index >= 15 is 0 Å². The first-order chi connectivity index (χ1) is 8.97. The van der Waals surface area contributed by atoms with Crippen molar-refractivity contribution in [2.75, 3.05) is 24.3 Å². The van der Waals surface area contributed by atoms with Gasteiger partial charge in [0.15, 0.2) is 0 Å². The highest BCUT2D eigenvalue weighted by Gasteiger charge is 2.17. The van der Waals surface area contributed by atoms with Crippen molar-refractivity contribution in [3.05, 3.63) is 23.8 Å². The highest BCUT2D eigenvalue weighted by Crippen LogP contribution is 2.24. The van der Waals surface area contributed by atoms with Gasteiger partial charge in [0.05, 0.1) is 29.6 Å². The molecule has 1 aromatic carbocycles. The topological polar surface area (TPSA) is 84.6 Å². The Labute approximate surface area is 113 Å². The molecular formula is C14H22N2O3. The van der Waals surface area contributed by atoms with E-state index in [-0.39, 0.29) is 17.3 Å². The van der Waals surface area contributed by atoms with E-state index in [0.717, 1.165) is 0 Å². The average molecular weight is 266 g/mol. The highest BCUT2D eigenvalue weighted by molar-refractivity contribution is 5.97. The molecule has 0 aliphatic carbocycles. The molecule has 1 rings (SSSR count). The number of aromatic carboxylic acids is 1. The lowest BCUT2D eigenvalue weighted by molar-refractivity contribution is 0.0698. The number of carboxylic acids is 1. The number of rotatable bonds is 7. The summed E-state index contributed by atoms with van der Waals surface area (Å²) in [4.78, 5) is 11.0. The first-order valence-electron chi connectivity index (χ1n) is 6.43. The van der Waals surface area contributed by atoms with E-state index in [1.807, 2.05) is 6.92 Å². The summed E-state index contributed by atoms with van der Waals surface area (Å²) in [6.45, 7) is 7.30. The van der Waals surface area contributed by atoms with Crippen LogP contribution in [0.1, 0.15) is 31.1 Å². The number of ether oxygens (including phenoxy) is 1. The van der Waals surface area contributed by atoms with Crippen LogP contribution in [0.5, 0.6) is 0 Å². The molecule has 0 aliphatic rings. The SMILES string of the molecule is CCOCC(Nc1cccc(C(=O)O)c1N)C(C)C. The first-order valence-corrected chi connectivity index (χ1v) is 6.43. The molecule has 0 saturated carbocycles. The van der Waals surface area contributed by atoms with Gasteiger partial charge in [-0.15, -0.1) is 0 Å². The molecule has 1 atom stereocenters. The van der Waals surface area contributed by atoms with Crippen molar-refractivity contribution in [3.8, 4) is 0 Å². The Balaban J connectivity index is 2.90. The summed E-state index contributed by atoms with van der Waals surface area (Å²) < 4.78 is 5.43. The fraction of sp³-hybridized carbons (Fsp3) is 0.500. The maximum atomic E-state index is 11.0. The summed E-state index contributed by atoms with van der Waals surface area (Å²) in [5.74, 6) is -0.675. The van der Waals surface area contributed by atoms with Crippen LogP contribution in [0.2, 0.25) is 0 Å². The predicted molar refractivity (Wildman–Crippen MR) is 76.6 cm³/mol. The van der Waals surface area contributed by atoms with Gasteiger partial charge in [0, 0.05) is 6.61 Å². The number of nitrogen functional groups attached to an aromatic ring is 1. The van der Waals surface area contributed by atoms with Crippen LogP contribution in [0.25, 0.3) is 0 Å². The molecule has 0 radical (unpaired) electrons. The number of hydrogen-bond acceptors (Lipinski definition) is 4. The second-order valence-electron chi connectivity index (χ2n) is 4.73. The number of anilines is 2. The Morgan fingerprint density at radius 1 is 1.47 bits per heavy atom. The average Bonchev–Trinajstić information content (AvgIpc) is 2.35. The Morgan fingerprint density at radius 2 is 2.16 bits per heavy atom. The number of carboxylic acid groups (broad SMARTS) is 1. The van der Waals surface area contributed by atoms with Crippen molar-refractivity contribution in [3.63, 3.8) is 0 Å². The fourth-order valence-electron chi connectivity index (χ4n) is 1.72. The monoisotopic (exact) mass is 266 g/mol. The quantitative estimate of drug-likeness (QED) is 0.660. The van der Waals surface area contributed by atoms with Crippen molar-refractivity contribution in [1.29, 1.82) is 0 Å². The summed E-state index contributed by atoms with van der Waals surface area (Å²) in [5.41, 5.74) is 6.89.